The molecule has 1 aliphatic carbocycles. The van der Waals surface area contributed by atoms with Crippen LogP contribution in [0.3, 0.4) is 0 Å². The highest BCUT2D eigenvalue weighted by atomic mass is 32.2. The highest BCUT2D eigenvalue weighted by molar-refractivity contribution is 7.89. The van der Waals surface area contributed by atoms with Crippen LogP contribution in [0.5, 0.6) is 0 Å². The van der Waals surface area contributed by atoms with E-state index in [0.29, 0.717) is 0 Å². The summed E-state index contributed by atoms with van der Waals surface area (Å²) in [6, 6.07) is 5.35. The van der Waals surface area contributed by atoms with Crippen molar-refractivity contribution in [3.05, 3.63) is 68.6 Å². The van der Waals surface area contributed by atoms with Crippen molar-refractivity contribution in [2.75, 3.05) is 0 Å². The maximum Gasteiger partial charge on any atom is 0.310 e. The van der Waals surface area contributed by atoms with Crippen LogP contribution in [0.2, 0.25) is 0 Å². The molecule has 0 spiro atoms. The number of benzene rings is 1. The minimum absolute atomic E-state index is 0.0404. The van der Waals surface area contributed by atoms with Crippen molar-refractivity contribution in [1.82, 2.24) is 5.43 Å². The van der Waals surface area contributed by atoms with Crippen LogP contribution in [0.25, 0.3) is 6.08 Å². The van der Waals surface area contributed by atoms with E-state index in [0.717, 1.165) is 24.3 Å². The minimum atomic E-state index is -4.82. The number of nitrogens with two attached hydrogens (primary N) is 1. The van der Waals surface area contributed by atoms with E-state index in [1.54, 1.807) is 0 Å². The van der Waals surface area contributed by atoms with Gasteiger partial charge in [0.2, 0.25) is 0 Å². The molecule has 0 saturated carbocycles. The molecule has 1 aliphatic rings. The van der Waals surface area contributed by atoms with Gasteiger partial charge in [-0.1, -0.05) is 30.4 Å². The third-order valence-electron chi connectivity index (χ3n) is 3.82. The van der Waals surface area contributed by atoms with Crippen molar-refractivity contribution < 1.29 is 30.9 Å². The Morgan fingerprint density at radius 1 is 1.15 bits per heavy atom. The van der Waals surface area contributed by atoms with E-state index in [1.165, 1.54) is 24.3 Å². The van der Waals surface area contributed by atoms with Gasteiger partial charge in [-0.15, -0.1) is 0 Å². The molecule has 0 saturated heterocycles. The molecule has 0 amide bonds. The first-order chi connectivity index (χ1) is 12.4. The Balaban J connectivity index is 2.56. The molecular weight excluding hydrogens is 402 g/mol. The number of nitro groups is 1. The molecule has 2 rings (SSSR count). The van der Waals surface area contributed by atoms with Gasteiger partial charge in [0, 0.05) is 11.0 Å². The summed E-state index contributed by atoms with van der Waals surface area (Å²) in [5, 5.41) is 11.2. The lowest BCUT2D eigenvalue weighted by Gasteiger charge is -2.25. The lowest BCUT2D eigenvalue weighted by atomic mass is 9.96. The molecule has 0 aliphatic heterocycles. The largest absolute Gasteiger partial charge is 0.310 e. The second-order valence-corrected chi connectivity index (χ2v) is 8.37. The first-order valence-electron chi connectivity index (χ1n) is 7.17. The summed E-state index contributed by atoms with van der Waals surface area (Å²) >= 11 is 0. The summed E-state index contributed by atoms with van der Waals surface area (Å²) in [7, 11) is -9.35. The molecule has 0 bridgehead atoms. The predicted molar refractivity (Wildman–Crippen MR) is 94.7 cm³/mol. The van der Waals surface area contributed by atoms with Gasteiger partial charge < -0.3 is 0 Å². The molecule has 1 aromatic rings. The summed E-state index contributed by atoms with van der Waals surface area (Å²) in [5.41, 5.74) is -0.295. The van der Waals surface area contributed by atoms with Crippen molar-refractivity contribution in [1.29, 1.82) is 0 Å². The van der Waals surface area contributed by atoms with Gasteiger partial charge in [0.05, 0.1) is 11.3 Å². The monoisotopic (exact) mass is 417 g/mol. The van der Waals surface area contributed by atoms with Gasteiger partial charge >= 0.3 is 5.66 Å². The molecule has 1 aromatic carbocycles. The number of allylic oxidation sites excluding steroid dienone is 3. The molecule has 27 heavy (non-hydrogen) atoms. The Morgan fingerprint density at radius 3 is 2.30 bits per heavy atom. The number of nitrogens with zero attached hydrogens (tertiary/aromatic N) is 1. The Morgan fingerprint density at radius 2 is 1.78 bits per heavy atom. The molecule has 146 valence electrons. The molecule has 0 radical (unpaired) electrons. The smallest absolute Gasteiger partial charge is 0.282 e. The van der Waals surface area contributed by atoms with Crippen molar-refractivity contribution in [2.45, 2.75) is 17.0 Å². The Bertz CT molecular complexity index is 1070. The van der Waals surface area contributed by atoms with Crippen LogP contribution in [0.4, 0.5) is 0 Å². The normalized spacial score (nSPS) is 21.0. The lowest BCUT2D eigenvalue weighted by Crippen LogP contribution is -2.55. The molecule has 13 heteroatoms. The summed E-state index contributed by atoms with van der Waals surface area (Å²) in [4.78, 5) is 9.28. The topological polar surface area (TPSA) is 190 Å². The van der Waals surface area contributed by atoms with Crippen molar-refractivity contribution in [3.63, 3.8) is 0 Å². The second kappa shape index (κ2) is 7.30. The second-order valence-electron chi connectivity index (χ2n) is 5.54. The number of hydrogen-bond acceptors (Lipinski definition) is 8. The van der Waals surface area contributed by atoms with Crippen LogP contribution in [0.1, 0.15) is 12.0 Å². The quantitative estimate of drug-likeness (QED) is 0.166. The standard InChI is InChI=1S/C14H15N3O8S2/c15-16-14(17(18)19)8-7-11(13(9-14)27(23,24)25)6-5-10-3-1-2-4-12(10)26(20,21)22/h1-8,16H,9,15H2,(H,20,21,22)(H,23,24,25). The number of nitrogens with one attached hydrogen (secondary N) is 1. The number of hydrazine groups is 1. The van der Waals surface area contributed by atoms with Crippen molar-refractivity contribution in [2.24, 2.45) is 5.84 Å². The van der Waals surface area contributed by atoms with Gasteiger partial charge in [0.25, 0.3) is 20.2 Å². The molecule has 0 heterocycles. The van der Waals surface area contributed by atoms with Crippen LogP contribution in [0.15, 0.2) is 57.9 Å². The van der Waals surface area contributed by atoms with Gasteiger partial charge in [-0.2, -0.15) is 22.3 Å². The van der Waals surface area contributed by atoms with Crippen molar-refractivity contribution >= 4 is 26.3 Å². The molecule has 0 aromatic heterocycles. The Hall–Kier alpha value is -2.42. The van der Waals surface area contributed by atoms with Gasteiger partial charge in [-0.25, -0.2) is 0 Å². The Labute approximate surface area is 154 Å². The zero-order chi connectivity index (χ0) is 20.5. The maximum atomic E-state index is 11.7. The van der Waals surface area contributed by atoms with E-state index in [2.05, 4.69) is 0 Å². The highest BCUT2D eigenvalue weighted by Gasteiger charge is 2.45. The van der Waals surface area contributed by atoms with Crippen LogP contribution >= 0.6 is 0 Å². The molecular formula is C14H15N3O8S2. The van der Waals surface area contributed by atoms with Crippen LogP contribution in [-0.4, -0.2) is 36.5 Å². The summed E-state index contributed by atoms with van der Waals surface area (Å²) in [5.74, 6) is 5.17. The van der Waals surface area contributed by atoms with Gasteiger partial charge in [-0.05, 0) is 23.3 Å². The zero-order valence-corrected chi connectivity index (χ0v) is 15.1. The van der Waals surface area contributed by atoms with E-state index in [1.807, 2.05) is 5.43 Å². The van der Waals surface area contributed by atoms with E-state index in [9.17, 15) is 36.1 Å². The molecule has 5 N–H and O–H groups in total. The van der Waals surface area contributed by atoms with Gasteiger partial charge in [0.1, 0.15) is 4.90 Å². The van der Waals surface area contributed by atoms with E-state index < -0.39 is 47.0 Å². The fourth-order valence-corrected chi connectivity index (χ4v) is 3.95. The van der Waals surface area contributed by atoms with Gasteiger partial charge in [0.15, 0.2) is 0 Å². The van der Waals surface area contributed by atoms with E-state index in [-0.39, 0.29) is 11.1 Å². The van der Waals surface area contributed by atoms with E-state index >= 15 is 0 Å². The Kier molecular flexibility index (Phi) is 5.65. The minimum Gasteiger partial charge on any atom is -0.282 e. The fraction of sp³-hybridized carbons (Fsp3) is 0.143. The van der Waals surface area contributed by atoms with Crippen LogP contribution < -0.4 is 11.3 Å². The first-order valence-corrected chi connectivity index (χ1v) is 10.1. The first kappa shape index (κ1) is 20.9. The molecule has 1 atom stereocenters. The third-order valence-corrected chi connectivity index (χ3v) is 5.75. The molecule has 0 fully saturated rings. The SMILES string of the molecule is NNC1([N+](=O)[O-])C=CC(C=Cc2ccccc2S(=O)(=O)O)=C(S(=O)(=O)O)C1. The molecule has 11 nitrogen and oxygen atoms in total. The summed E-state index contributed by atoms with van der Waals surface area (Å²) < 4.78 is 64.8. The number of hydrogen-bond donors (Lipinski definition) is 4. The number of rotatable bonds is 6. The maximum absolute atomic E-state index is 11.7. The average molecular weight is 417 g/mol. The third kappa shape index (κ3) is 4.47. The van der Waals surface area contributed by atoms with Crippen LogP contribution in [0, 0.1) is 10.1 Å². The summed E-state index contributed by atoms with van der Waals surface area (Å²) in [6.45, 7) is 0. The molecule has 1 unspecified atom stereocenters. The van der Waals surface area contributed by atoms with E-state index in [4.69, 9.17) is 5.84 Å². The van der Waals surface area contributed by atoms with Crippen LogP contribution in [-0.2, 0) is 20.2 Å². The lowest BCUT2D eigenvalue weighted by molar-refractivity contribution is -0.563. The fourth-order valence-electron chi connectivity index (χ4n) is 2.42. The van der Waals surface area contributed by atoms with Crippen molar-refractivity contribution in [3.8, 4) is 0 Å². The zero-order valence-electron chi connectivity index (χ0n) is 13.5. The summed E-state index contributed by atoms with van der Waals surface area (Å²) in [6.07, 6.45) is 3.62. The highest BCUT2D eigenvalue weighted by Crippen LogP contribution is 2.31. The van der Waals surface area contributed by atoms with Gasteiger partial charge in [-0.3, -0.25) is 25.1 Å². The average Bonchev–Trinajstić information content (AvgIpc) is 2.58. The predicted octanol–water partition coefficient (Wildman–Crippen LogP) is 0.485.